The van der Waals surface area contributed by atoms with Crippen molar-refractivity contribution in [1.82, 2.24) is 4.72 Å². The number of benzene rings is 3. The van der Waals surface area contributed by atoms with Crippen LogP contribution in [0.5, 0.6) is 11.5 Å². The molecular weight excluding hydrogens is 413 g/mol. The van der Waals surface area contributed by atoms with Crippen LogP contribution in [0.4, 0.5) is 4.79 Å². The summed E-state index contributed by atoms with van der Waals surface area (Å²) in [7, 11) is -8.89. The van der Waals surface area contributed by atoms with Crippen molar-refractivity contribution in [3.05, 3.63) is 90.5 Å². The Morgan fingerprint density at radius 1 is 0.793 bits per heavy atom. The van der Waals surface area contributed by atoms with Gasteiger partial charge in [-0.05, 0) is 43.3 Å². The molecule has 0 heterocycles. The SMILES string of the molecule is Cc1ccc(S(=O)(=O)NC(=O)P(=O)(Oc2ccccc2)Oc2ccccc2)cc1. The van der Waals surface area contributed by atoms with E-state index in [9.17, 15) is 17.8 Å². The van der Waals surface area contributed by atoms with E-state index in [2.05, 4.69) is 0 Å². The molecule has 0 saturated heterocycles. The molecule has 7 nitrogen and oxygen atoms in total. The van der Waals surface area contributed by atoms with Crippen LogP contribution >= 0.6 is 7.60 Å². The summed E-state index contributed by atoms with van der Waals surface area (Å²) in [5.41, 5.74) is -0.549. The number of nitrogens with one attached hydrogen (secondary N) is 1. The standard InChI is InChI=1S/C20H18NO6PS/c1-16-12-14-19(15-13-16)29(24,25)21-20(22)28(23,26-17-8-4-2-5-9-17)27-18-10-6-3-7-11-18/h2-15H,1H3,(H,21,22). The third-order valence-electron chi connectivity index (χ3n) is 3.74. The molecule has 9 heteroatoms. The minimum Gasteiger partial charge on any atom is -0.410 e. The van der Waals surface area contributed by atoms with Gasteiger partial charge in [-0.1, -0.05) is 54.1 Å². The van der Waals surface area contributed by atoms with Gasteiger partial charge in [-0.25, -0.2) is 17.7 Å². The van der Waals surface area contributed by atoms with Gasteiger partial charge in [0, 0.05) is 0 Å². The maximum absolute atomic E-state index is 13.3. The zero-order chi connectivity index (χ0) is 20.9. The van der Waals surface area contributed by atoms with Crippen LogP contribution in [0.15, 0.2) is 89.8 Å². The third-order valence-corrected chi connectivity index (χ3v) is 6.75. The Labute approximate surface area is 168 Å². The predicted octanol–water partition coefficient (Wildman–Crippen LogP) is 4.74. The lowest BCUT2D eigenvalue weighted by atomic mass is 10.2. The predicted molar refractivity (Wildman–Crippen MR) is 109 cm³/mol. The zero-order valence-corrected chi connectivity index (χ0v) is 17.1. The van der Waals surface area contributed by atoms with Gasteiger partial charge in [0.1, 0.15) is 11.5 Å². The van der Waals surface area contributed by atoms with E-state index < -0.39 is 23.3 Å². The molecule has 3 rings (SSSR count). The molecule has 0 atom stereocenters. The van der Waals surface area contributed by atoms with E-state index >= 15 is 0 Å². The summed E-state index contributed by atoms with van der Waals surface area (Å²) in [6.07, 6.45) is 0. The molecule has 3 aromatic rings. The third kappa shape index (κ3) is 5.25. The molecule has 0 fully saturated rings. The molecule has 29 heavy (non-hydrogen) atoms. The van der Waals surface area contributed by atoms with Crippen LogP contribution in [-0.2, 0) is 14.6 Å². The molecular formula is C20H18NO6PS. The number of para-hydroxylation sites is 2. The summed E-state index contributed by atoms with van der Waals surface area (Å²) in [6.45, 7) is 1.80. The Bertz CT molecular complexity index is 1090. The summed E-state index contributed by atoms with van der Waals surface area (Å²) < 4.78 is 50.8. The van der Waals surface area contributed by atoms with Gasteiger partial charge >= 0.3 is 13.2 Å². The van der Waals surface area contributed by atoms with Crippen LogP contribution in [0.25, 0.3) is 0 Å². The summed E-state index contributed by atoms with van der Waals surface area (Å²) in [5, 5.41) is 0. The van der Waals surface area contributed by atoms with Gasteiger partial charge in [0.05, 0.1) is 4.90 Å². The van der Waals surface area contributed by atoms with E-state index in [0.29, 0.717) is 0 Å². The monoisotopic (exact) mass is 431 g/mol. The molecule has 0 saturated carbocycles. The van der Waals surface area contributed by atoms with E-state index in [1.165, 1.54) is 36.4 Å². The first-order chi connectivity index (χ1) is 13.8. The Morgan fingerprint density at radius 3 is 1.69 bits per heavy atom. The van der Waals surface area contributed by atoms with Crippen molar-refractivity contribution in [1.29, 1.82) is 0 Å². The highest BCUT2D eigenvalue weighted by molar-refractivity contribution is 7.91. The highest BCUT2D eigenvalue weighted by Crippen LogP contribution is 2.49. The first-order valence-electron chi connectivity index (χ1n) is 8.52. The number of aryl methyl sites for hydroxylation is 1. The molecule has 0 aliphatic rings. The van der Waals surface area contributed by atoms with E-state index in [-0.39, 0.29) is 16.4 Å². The van der Waals surface area contributed by atoms with Gasteiger partial charge in [-0.3, -0.25) is 4.79 Å². The number of sulfonamides is 1. The minimum absolute atomic E-state index is 0.0923. The Kier molecular flexibility index (Phi) is 6.06. The van der Waals surface area contributed by atoms with Crippen LogP contribution in [0, 0.1) is 6.92 Å². The topological polar surface area (TPSA) is 98.8 Å². The minimum atomic E-state index is -4.61. The van der Waals surface area contributed by atoms with Crippen molar-refractivity contribution in [2.75, 3.05) is 0 Å². The van der Waals surface area contributed by atoms with Crippen LogP contribution < -0.4 is 13.8 Å². The molecule has 0 aliphatic carbocycles. The fraction of sp³-hybridized carbons (Fsp3) is 0.0500. The number of carbonyl (C=O) groups excluding carboxylic acids is 1. The summed E-state index contributed by atoms with van der Waals surface area (Å²) in [6, 6.07) is 21.6. The Morgan fingerprint density at radius 2 is 1.24 bits per heavy atom. The Balaban J connectivity index is 1.91. The second kappa shape index (κ2) is 8.51. The molecule has 150 valence electrons. The highest BCUT2D eigenvalue weighted by Gasteiger charge is 2.41. The van der Waals surface area contributed by atoms with Crippen LogP contribution in [0.2, 0.25) is 0 Å². The fourth-order valence-electron chi connectivity index (χ4n) is 2.29. The van der Waals surface area contributed by atoms with Gasteiger partial charge in [0.2, 0.25) is 0 Å². The maximum atomic E-state index is 13.3. The maximum Gasteiger partial charge on any atom is 0.521 e. The lowest BCUT2D eigenvalue weighted by Gasteiger charge is -2.19. The highest BCUT2D eigenvalue weighted by atomic mass is 32.2. The van der Waals surface area contributed by atoms with Crippen LogP contribution in [0.1, 0.15) is 5.56 Å². The molecule has 1 N–H and O–H groups in total. The lowest BCUT2D eigenvalue weighted by Crippen LogP contribution is -2.31. The van der Waals surface area contributed by atoms with Gasteiger partial charge in [0.15, 0.2) is 0 Å². The van der Waals surface area contributed by atoms with E-state index in [1.54, 1.807) is 60.2 Å². The molecule has 0 aromatic heterocycles. The van der Waals surface area contributed by atoms with Crippen molar-refractivity contribution in [2.24, 2.45) is 0 Å². The fourth-order valence-corrected chi connectivity index (χ4v) is 4.94. The van der Waals surface area contributed by atoms with Crippen molar-refractivity contribution >= 4 is 23.3 Å². The summed E-state index contributed by atoms with van der Waals surface area (Å²) >= 11 is 0. The van der Waals surface area contributed by atoms with E-state index in [1.807, 2.05) is 0 Å². The molecule has 0 aliphatic heterocycles. The van der Waals surface area contributed by atoms with E-state index in [0.717, 1.165) is 5.56 Å². The largest absolute Gasteiger partial charge is 0.521 e. The van der Waals surface area contributed by atoms with Gasteiger partial charge in [-0.15, -0.1) is 0 Å². The number of hydrogen-bond donors (Lipinski definition) is 1. The first kappa shape index (κ1) is 20.6. The van der Waals surface area contributed by atoms with Crippen molar-refractivity contribution < 1.29 is 26.8 Å². The average Bonchev–Trinajstić information content (AvgIpc) is 2.69. The van der Waals surface area contributed by atoms with Crippen molar-refractivity contribution in [3.8, 4) is 11.5 Å². The van der Waals surface area contributed by atoms with Crippen LogP contribution in [-0.4, -0.2) is 14.1 Å². The second-order valence-electron chi connectivity index (χ2n) is 6.03. The quantitative estimate of drug-likeness (QED) is 0.543. The normalized spacial score (nSPS) is 11.5. The average molecular weight is 431 g/mol. The molecule has 3 aromatic carbocycles. The molecule has 0 spiro atoms. The van der Waals surface area contributed by atoms with Crippen molar-refractivity contribution in [3.63, 3.8) is 0 Å². The van der Waals surface area contributed by atoms with E-state index in [4.69, 9.17) is 9.05 Å². The number of amides is 1. The summed E-state index contributed by atoms with van der Waals surface area (Å²) in [5.74, 6) is 0.185. The van der Waals surface area contributed by atoms with Crippen LogP contribution in [0.3, 0.4) is 0 Å². The number of rotatable bonds is 7. The molecule has 0 bridgehead atoms. The van der Waals surface area contributed by atoms with Crippen molar-refractivity contribution in [2.45, 2.75) is 11.8 Å². The smallest absolute Gasteiger partial charge is 0.410 e. The van der Waals surface area contributed by atoms with Gasteiger partial charge < -0.3 is 9.05 Å². The van der Waals surface area contributed by atoms with Gasteiger partial charge in [0.25, 0.3) is 10.0 Å². The first-order valence-corrected chi connectivity index (χ1v) is 11.5. The zero-order valence-electron chi connectivity index (χ0n) is 15.4. The second-order valence-corrected chi connectivity index (χ2v) is 9.48. The number of hydrogen-bond acceptors (Lipinski definition) is 6. The Hall–Kier alpha value is -3.09. The molecule has 1 amide bonds. The summed E-state index contributed by atoms with van der Waals surface area (Å²) in [4.78, 5) is 12.6. The lowest BCUT2D eigenvalue weighted by molar-refractivity contribution is 0.254. The molecule has 0 unspecified atom stereocenters. The number of carbonyl (C=O) groups is 1. The van der Waals surface area contributed by atoms with Gasteiger partial charge in [-0.2, -0.15) is 0 Å². The molecule has 0 radical (unpaired) electrons.